The van der Waals surface area contributed by atoms with Crippen LogP contribution in [0.2, 0.25) is 0 Å². The van der Waals surface area contributed by atoms with E-state index in [4.69, 9.17) is 0 Å². The van der Waals surface area contributed by atoms with Crippen LogP contribution in [0, 0.1) is 0 Å². The van der Waals surface area contributed by atoms with Gasteiger partial charge in [-0.2, -0.15) is 5.10 Å². The molecular weight excluding hydrogens is 194 g/mol. The Morgan fingerprint density at radius 2 is 2.47 bits per heavy atom. The van der Waals surface area contributed by atoms with Crippen LogP contribution in [0.1, 0.15) is 24.9 Å². The Bertz CT molecular complexity index is 322. The quantitative estimate of drug-likeness (QED) is 0.726. The molecule has 84 valence electrons. The summed E-state index contributed by atoms with van der Waals surface area (Å²) in [6.45, 7) is 2.80. The maximum absolute atomic E-state index is 11.2. The molecule has 5 nitrogen and oxygen atoms in total. The zero-order valence-electron chi connectivity index (χ0n) is 9.36. The fraction of sp³-hybridized carbons (Fsp3) is 0.600. The molecule has 15 heavy (non-hydrogen) atoms. The first-order valence-corrected chi connectivity index (χ1v) is 4.96. The molecule has 1 rings (SSSR count). The van der Waals surface area contributed by atoms with Crippen molar-refractivity contribution in [3.63, 3.8) is 0 Å². The second-order valence-electron chi connectivity index (χ2n) is 3.34. The van der Waals surface area contributed by atoms with Gasteiger partial charge in [0.2, 0.25) is 0 Å². The molecule has 5 heteroatoms. The molecule has 0 aromatic carbocycles. The number of carbonyl (C=O) groups is 1. The van der Waals surface area contributed by atoms with Gasteiger partial charge in [0.15, 0.2) is 0 Å². The molecule has 1 aromatic heterocycles. The number of esters is 1. The van der Waals surface area contributed by atoms with E-state index >= 15 is 0 Å². The summed E-state index contributed by atoms with van der Waals surface area (Å²) in [6.07, 6.45) is 3.99. The van der Waals surface area contributed by atoms with Crippen LogP contribution in [0.15, 0.2) is 12.4 Å². The van der Waals surface area contributed by atoms with Crippen molar-refractivity contribution in [2.75, 3.05) is 13.7 Å². The molecule has 0 aliphatic carbocycles. The molecule has 0 radical (unpaired) electrons. The second kappa shape index (κ2) is 5.50. The zero-order chi connectivity index (χ0) is 11.3. The number of rotatable bonds is 5. The molecule has 1 N–H and O–H groups in total. The highest BCUT2D eigenvalue weighted by molar-refractivity contribution is 5.70. The molecule has 0 fully saturated rings. The molecule has 1 heterocycles. The second-order valence-corrected chi connectivity index (χ2v) is 3.34. The van der Waals surface area contributed by atoms with Crippen LogP contribution >= 0.6 is 0 Å². The van der Waals surface area contributed by atoms with Gasteiger partial charge >= 0.3 is 5.97 Å². The van der Waals surface area contributed by atoms with Gasteiger partial charge in [0.1, 0.15) is 0 Å². The zero-order valence-corrected chi connectivity index (χ0v) is 9.36. The van der Waals surface area contributed by atoms with Crippen LogP contribution in [0.3, 0.4) is 0 Å². The maximum Gasteiger partial charge on any atom is 0.307 e. The van der Waals surface area contributed by atoms with Gasteiger partial charge in [0, 0.05) is 24.8 Å². The van der Waals surface area contributed by atoms with Gasteiger partial charge in [-0.15, -0.1) is 0 Å². The van der Waals surface area contributed by atoms with Gasteiger partial charge in [-0.3, -0.25) is 9.48 Å². The predicted molar refractivity (Wildman–Crippen MR) is 56.3 cm³/mol. The Hall–Kier alpha value is -1.36. The standard InChI is InChI=1S/C10H17N3O2/c1-4-11-9(5-10(14)15-3)8-6-12-13(2)7-8/h6-7,9,11H,4-5H2,1-3H3. The van der Waals surface area contributed by atoms with E-state index in [9.17, 15) is 4.79 Å². The third-order valence-electron chi connectivity index (χ3n) is 2.18. The largest absolute Gasteiger partial charge is 0.469 e. The van der Waals surface area contributed by atoms with E-state index in [-0.39, 0.29) is 12.0 Å². The van der Waals surface area contributed by atoms with E-state index in [1.54, 1.807) is 10.9 Å². The minimum absolute atomic E-state index is 0.0175. The first-order chi connectivity index (χ1) is 7.17. The highest BCUT2D eigenvalue weighted by atomic mass is 16.5. The average molecular weight is 211 g/mol. The van der Waals surface area contributed by atoms with E-state index < -0.39 is 0 Å². The van der Waals surface area contributed by atoms with Crippen molar-refractivity contribution in [2.45, 2.75) is 19.4 Å². The fourth-order valence-corrected chi connectivity index (χ4v) is 1.42. The first-order valence-electron chi connectivity index (χ1n) is 4.96. The molecule has 0 aliphatic heterocycles. The number of aryl methyl sites for hydroxylation is 1. The fourth-order valence-electron chi connectivity index (χ4n) is 1.42. The molecule has 0 saturated carbocycles. The van der Waals surface area contributed by atoms with Gasteiger partial charge in [0.25, 0.3) is 0 Å². The third kappa shape index (κ3) is 3.36. The summed E-state index contributed by atoms with van der Waals surface area (Å²) < 4.78 is 6.37. The van der Waals surface area contributed by atoms with Gasteiger partial charge < -0.3 is 10.1 Å². The molecular formula is C10H17N3O2. The van der Waals surface area contributed by atoms with E-state index in [1.807, 2.05) is 20.2 Å². The molecule has 1 atom stereocenters. The van der Waals surface area contributed by atoms with E-state index in [0.29, 0.717) is 6.42 Å². The Kier molecular flexibility index (Phi) is 4.30. The molecule has 0 bridgehead atoms. The van der Waals surface area contributed by atoms with E-state index in [2.05, 4.69) is 15.2 Å². The lowest BCUT2D eigenvalue weighted by atomic mass is 10.1. The van der Waals surface area contributed by atoms with Gasteiger partial charge in [-0.1, -0.05) is 6.92 Å². The third-order valence-corrected chi connectivity index (χ3v) is 2.18. The van der Waals surface area contributed by atoms with Crippen molar-refractivity contribution in [1.82, 2.24) is 15.1 Å². The topological polar surface area (TPSA) is 56.1 Å². The smallest absolute Gasteiger partial charge is 0.307 e. The summed E-state index contributed by atoms with van der Waals surface area (Å²) >= 11 is 0. The van der Waals surface area contributed by atoms with Gasteiger partial charge in [0.05, 0.1) is 19.7 Å². The minimum Gasteiger partial charge on any atom is -0.469 e. The van der Waals surface area contributed by atoms with Gasteiger partial charge in [-0.25, -0.2) is 0 Å². The van der Waals surface area contributed by atoms with Crippen LogP contribution in [-0.2, 0) is 16.6 Å². The van der Waals surface area contributed by atoms with Gasteiger partial charge in [-0.05, 0) is 6.54 Å². The number of nitrogens with one attached hydrogen (secondary N) is 1. The Balaban J connectivity index is 2.69. The summed E-state index contributed by atoms with van der Waals surface area (Å²) in [7, 11) is 3.25. The number of hydrogen-bond acceptors (Lipinski definition) is 4. The van der Waals surface area contributed by atoms with Crippen LogP contribution in [0.4, 0.5) is 0 Å². The molecule has 0 aliphatic rings. The summed E-state index contributed by atoms with van der Waals surface area (Å²) in [5.41, 5.74) is 1.00. The van der Waals surface area contributed by atoms with Crippen molar-refractivity contribution in [3.05, 3.63) is 18.0 Å². The molecule has 0 saturated heterocycles. The number of carbonyl (C=O) groups excluding carboxylic acids is 1. The number of ether oxygens (including phenoxy) is 1. The summed E-state index contributed by atoms with van der Waals surface area (Å²) in [4.78, 5) is 11.2. The number of hydrogen-bond donors (Lipinski definition) is 1. The summed E-state index contributed by atoms with van der Waals surface area (Å²) in [6, 6.07) is -0.0175. The van der Waals surface area contributed by atoms with Crippen molar-refractivity contribution in [1.29, 1.82) is 0 Å². The monoisotopic (exact) mass is 211 g/mol. The molecule has 0 spiro atoms. The van der Waals surface area contributed by atoms with Crippen molar-refractivity contribution in [2.24, 2.45) is 7.05 Å². The number of aromatic nitrogens is 2. The number of methoxy groups -OCH3 is 1. The Labute approximate surface area is 89.4 Å². The predicted octanol–water partition coefficient (Wildman–Crippen LogP) is 0.634. The van der Waals surface area contributed by atoms with Crippen LogP contribution in [0.25, 0.3) is 0 Å². The lowest BCUT2D eigenvalue weighted by molar-refractivity contribution is -0.141. The van der Waals surface area contributed by atoms with Crippen molar-refractivity contribution in [3.8, 4) is 0 Å². The number of nitrogens with zero attached hydrogens (tertiary/aromatic N) is 2. The molecule has 1 unspecified atom stereocenters. The maximum atomic E-state index is 11.2. The SMILES string of the molecule is CCNC(CC(=O)OC)c1cnn(C)c1. The van der Waals surface area contributed by atoms with Crippen molar-refractivity contribution >= 4 is 5.97 Å². The van der Waals surface area contributed by atoms with E-state index in [0.717, 1.165) is 12.1 Å². The Morgan fingerprint density at radius 1 is 1.73 bits per heavy atom. The Morgan fingerprint density at radius 3 is 2.93 bits per heavy atom. The molecule has 1 aromatic rings. The minimum atomic E-state index is -0.218. The average Bonchev–Trinajstić information content (AvgIpc) is 2.64. The molecule has 0 amide bonds. The van der Waals surface area contributed by atoms with E-state index in [1.165, 1.54) is 7.11 Å². The van der Waals surface area contributed by atoms with Crippen LogP contribution in [0.5, 0.6) is 0 Å². The normalized spacial score (nSPS) is 12.5. The van der Waals surface area contributed by atoms with Crippen LogP contribution in [-0.4, -0.2) is 29.4 Å². The highest BCUT2D eigenvalue weighted by Crippen LogP contribution is 2.15. The first kappa shape index (κ1) is 11.7. The highest BCUT2D eigenvalue weighted by Gasteiger charge is 2.16. The lowest BCUT2D eigenvalue weighted by Gasteiger charge is -2.14. The van der Waals surface area contributed by atoms with Crippen molar-refractivity contribution < 1.29 is 9.53 Å². The summed E-state index contributed by atoms with van der Waals surface area (Å²) in [5, 5.41) is 7.30. The van der Waals surface area contributed by atoms with Crippen LogP contribution < -0.4 is 5.32 Å². The lowest BCUT2D eigenvalue weighted by Crippen LogP contribution is -2.23. The summed E-state index contributed by atoms with van der Waals surface area (Å²) in [5.74, 6) is -0.218.